The number of likely N-dealkylation sites (tertiary alicyclic amines) is 1. The van der Waals surface area contributed by atoms with Crippen LogP contribution in [0.5, 0.6) is 0 Å². The molecule has 0 aliphatic carbocycles. The highest BCUT2D eigenvalue weighted by molar-refractivity contribution is 9.10. The largest absolute Gasteiger partial charge is 0.396 e. The molecule has 0 bridgehead atoms. The molecule has 2 saturated heterocycles. The minimum absolute atomic E-state index is 0.347. The Hall–Kier alpha value is -0.580. The van der Waals surface area contributed by atoms with Gasteiger partial charge in [0, 0.05) is 42.4 Å². The molecule has 4 heteroatoms. The number of aliphatic hydroxyl groups excluding tert-OH is 1. The van der Waals surface area contributed by atoms with E-state index in [2.05, 4.69) is 50.0 Å². The lowest BCUT2D eigenvalue weighted by Crippen LogP contribution is -2.36. The van der Waals surface area contributed by atoms with Crippen LogP contribution < -0.4 is 4.90 Å². The molecule has 0 aromatic heterocycles. The van der Waals surface area contributed by atoms with Crippen molar-refractivity contribution in [3.63, 3.8) is 0 Å². The summed E-state index contributed by atoms with van der Waals surface area (Å²) in [5.74, 6) is 0.502. The van der Waals surface area contributed by atoms with Crippen molar-refractivity contribution in [2.45, 2.75) is 18.9 Å². The number of rotatable bonds is 3. The van der Waals surface area contributed by atoms with Gasteiger partial charge in [-0.25, -0.2) is 0 Å². The van der Waals surface area contributed by atoms with Crippen LogP contribution in [0.2, 0.25) is 0 Å². The van der Waals surface area contributed by atoms with Gasteiger partial charge in [0.05, 0.1) is 0 Å². The fraction of sp³-hybridized carbons (Fsp3) is 0.600. The van der Waals surface area contributed by atoms with Gasteiger partial charge < -0.3 is 10.0 Å². The van der Waals surface area contributed by atoms with Crippen molar-refractivity contribution in [2.24, 2.45) is 5.92 Å². The van der Waals surface area contributed by atoms with Crippen LogP contribution in [0.4, 0.5) is 5.69 Å². The first kappa shape index (κ1) is 13.4. The van der Waals surface area contributed by atoms with Crippen molar-refractivity contribution in [1.82, 2.24) is 4.90 Å². The van der Waals surface area contributed by atoms with E-state index in [0.29, 0.717) is 18.6 Å². The molecule has 1 N–H and O–H groups in total. The Morgan fingerprint density at radius 3 is 2.58 bits per heavy atom. The summed E-state index contributed by atoms with van der Waals surface area (Å²) in [6, 6.07) is 9.26. The summed E-state index contributed by atoms with van der Waals surface area (Å²) in [5.41, 5.74) is 1.32. The lowest BCUT2D eigenvalue weighted by molar-refractivity contribution is 0.204. The highest BCUT2D eigenvalue weighted by atomic mass is 79.9. The third-order valence-electron chi connectivity index (χ3n) is 4.45. The van der Waals surface area contributed by atoms with Crippen molar-refractivity contribution in [3.8, 4) is 0 Å². The third-order valence-corrected chi connectivity index (χ3v) is 4.98. The molecule has 104 valence electrons. The molecule has 1 aromatic rings. The minimum atomic E-state index is 0.347. The maximum Gasteiger partial charge on any atom is 0.0471 e. The Labute approximate surface area is 123 Å². The van der Waals surface area contributed by atoms with Gasteiger partial charge in [0.25, 0.3) is 0 Å². The maximum absolute atomic E-state index is 9.24. The summed E-state index contributed by atoms with van der Waals surface area (Å²) in [4.78, 5) is 5.04. The van der Waals surface area contributed by atoms with E-state index in [-0.39, 0.29) is 0 Å². The Bertz CT molecular complexity index is 423. The number of nitrogens with zero attached hydrogens (tertiary/aromatic N) is 2. The SMILES string of the molecule is OCC1CCN(C2CCN(c3ccc(Br)cc3)C2)C1. The first-order valence-electron chi connectivity index (χ1n) is 7.11. The van der Waals surface area contributed by atoms with E-state index in [0.717, 1.165) is 37.1 Å². The van der Waals surface area contributed by atoms with E-state index in [1.807, 2.05) is 0 Å². The molecule has 2 aliphatic rings. The summed E-state index contributed by atoms with van der Waals surface area (Å²) in [6.45, 7) is 4.85. The van der Waals surface area contributed by atoms with Crippen LogP contribution in [0.15, 0.2) is 28.7 Å². The van der Waals surface area contributed by atoms with E-state index in [1.165, 1.54) is 12.1 Å². The Morgan fingerprint density at radius 1 is 1.11 bits per heavy atom. The second-order valence-corrected chi connectivity index (χ2v) is 6.61. The van der Waals surface area contributed by atoms with Gasteiger partial charge in [0.15, 0.2) is 0 Å². The summed E-state index contributed by atoms with van der Waals surface area (Å²) >= 11 is 3.48. The van der Waals surface area contributed by atoms with Crippen molar-refractivity contribution < 1.29 is 5.11 Å². The lowest BCUT2D eigenvalue weighted by atomic mass is 10.1. The molecule has 0 amide bonds. The molecule has 2 unspecified atom stereocenters. The van der Waals surface area contributed by atoms with Crippen molar-refractivity contribution in [1.29, 1.82) is 0 Å². The summed E-state index contributed by atoms with van der Waals surface area (Å²) in [7, 11) is 0. The molecule has 2 heterocycles. The van der Waals surface area contributed by atoms with Crippen LogP contribution in [-0.2, 0) is 0 Å². The Kier molecular flexibility index (Phi) is 4.10. The predicted octanol–water partition coefficient (Wildman–Crippen LogP) is 2.34. The average molecular weight is 325 g/mol. The standard InChI is InChI=1S/C15H21BrN2O/c16-13-1-3-14(4-2-13)18-8-6-15(10-18)17-7-5-12(9-17)11-19/h1-4,12,15,19H,5-11H2. The van der Waals surface area contributed by atoms with E-state index in [9.17, 15) is 5.11 Å². The smallest absolute Gasteiger partial charge is 0.0471 e. The van der Waals surface area contributed by atoms with Crippen molar-refractivity contribution in [3.05, 3.63) is 28.7 Å². The van der Waals surface area contributed by atoms with Gasteiger partial charge >= 0.3 is 0 Å². The highest BCUT2D eigenvalue weighted by Crippen LogP contribution is 2.27. The highest BCUT2D eigenvalue weighted by Gasteiger charge is 2.32. The number of hydrogen-bond donors (Lipinski definition) is 1. The predicted molar refractivity (Wildman–Crippen MR) is 81.5 cm³/mol. The second kappa shape index (κ2) is 5.81. The quantitative estimate of drug-likeness (QED) is 0.924. The number of anilines is 1. The molecular weight excluding hydrogens is 304 g/mol. The zero-order valence-electron chi connectivity index (χ0n) is 11.1. The molecule has 19 heavy (non-hydrogen) atoms. The number of hydrogen-bond acceptors (Lipinski definition) is 3. The molecule has 0 saturated carbocycles. The number of aliphatic hydroxyl groups is 1. The van der Waals surface area contributed by atoms with E-state index < -0.39 is 0 Å². The molecule has 2 aliphatic heterocycles. The number of benzene rings is 1. The summed E-state index contributed by atoms with van der Waals surface area (Å²) in [6.07, 6.45) is 2.40. The zero-order chi connectivity index (χ0) is 13.2. The van der Waals surface area contributed by atoms with Crippen LogP contribution in [0.3, 0.4) is 0 Å². The fourth-order valence-corrected chi connectivity index (χ4v) is 3.53. The van der Waals surface area contributed by atoms with Gasteiger partial charge in [-0.3, -0.25) is 4.90 Å². The molecule has 3 nitrogen and oxygen atoms in total. The van der Waals surface area contributed by atoms with Crippen molar-refractivity contribution in [2.75, 3.05) is 37.7 Å². The topological polar surface area (TPSA) is 26.7 Å². The normalized spacial score (nSPS) is 28.2. The van der Waals surface area contributed by atoms with Gasteiger partial charge in [-0.15, -0.1) is 0 Å². The third kappa shape index (κ3) is 2.96. The summed E-state index contributed by atoms with van der Waals surface area (Å²) in [5, 5.41) is 9.24. The van der Waals surface area contributed by atoms with Gasteiger partial charge in [-0.2, -0.15) is 0 Å². The van der Waals surface area contributed by atoms with Crippen LogP contribution in [0.1, 0.15) is 12.8 Å². The first-order chi connectivity index (χ1) is 9.26. The second-order valence-electron chi connectivity index (χ2n) is 5.70. The van der Waals surface area contributed by atoms with E-state index in [1.54, 1.807) is 0 Å². The lowest BCUT2D eigenvalue weighted by Gasteiger charge is -2.25. The van der Waals surface area contributed by atoms with Crippen LogP contribution in [0, 0.1) is 5.92 Å². The van der Waals surface area contributed by atoms with Crippen LogP contribution >= 0.6 is 15.9 Å². The molecule has 3 rings (SSSR count). The Morgan fingerprint density at radius 2 is 1.89 bits per heavy atom. The van der Waals surface area contributed by atoms with Crippen molar-refractivity contribution >= 4 is 21.6 Å². The van der Waals surface area contributed by atoms with Gasteiger partial charge in [0.1, 0.15) is 0 Å². The van der Waals surface area contributed by atoms with E-state index in [4.69, 9.17) is 0 Å². The van der Waals surface area contributed by atoms with Gasteiger partial charge in [-0.05, 0) is 49.6 Å². The molecule has 0 spiro atoms. The van der Waals surface area contributed by atoms with Gasteiger partial charge in [-0.1, -0.05) is 15.9 Å². The average Bonchev–Trinajstić information content (AvgIpc) is 3.08. The molecular formula is C15H21BrN2O. The zero-order valence-corrected chi connectivity index (χ0v) is 12.7. The first-order valence-corrected chi connectivity index (χ1v) is 7.91. The molecule has 2 fully saturated rings. The molecule has 1 aromatic carbocycles. The van der Waals surface area contributed by atoms with E-state index >= 15 is 0 Å². The summed E-state index contributed by atoms with van der Waals surface area (Å²) < 4.78 is 1.14. The fourth-order valence-electron chi connectivity index (χ4n) is 3.27. The maximum atomic E-state index is 9.24. The van der Waals surface area contributed by atoms with Crippen LogP contribution in [-0.4, -0.2) is 48.8 Å². The Balaban J connectivity index is 1.60. The van der Waals surface area contributed by atoms with Crippen LogP contribution in [0.25, 0.3) is 0 Å². The monoisotopic (exact) mass is 324 g/mol. The molecule has 0 radical (unpaired) electrons. The number of halogens is 1. The van der Waals surface area contributed by atoms with Gasteiger partial charge in [0.2, 0.25) is 0 Å². The molecule has 2 atom stereocenters. The minimum Gasteiger partial charge on any atom is -0.396 e.